The number of allylic oxidation sites excluding steroid dienone is 5. The van der Waals surface area contributed by atoms with Gasteiger partial charge < -0.3 is 4.74 Å². The second-order valence-corrected chi connectivity index (χ2v) is 15.7. The van der Waals surface area contributed by atoms with E-state index in [2.05, 4.69) is 142 Å². The smallest absolute Gasteiger partial charge is 0.0830 e. The molecule has 5 aliphatic rings. The number of hydrogen-bond donors (Lipinski definition) is 0. The van der Waals surface area contributed by atoms with Gasteiger partial charge in [0.05, 0.1) is 12.2 Å². The van der Waals surface area contributed by atoms with Crippen LogP contribution in [0.1, 0.15) is 88.0 Å². The van der Waals surface area contributed by atoms with E-state index in [-0.39, 0.29) is 17.6 Å². The summed E-state index contributed by atoms with van der Waals surface area (Å²) in [4.78, 5) is 0. The number of ether oxygens (including phenoxy) is 1. The molecule has 4 aliphatic carbocycles. The molecule has 1 saturated heterocycles. The molecule has 0 radical (unpaired) electrons. The Morgan fingerprint density at radius 1 is 0.833 bits per heavy atom. The van der Waals surface area contributed by atoms with Crippen molar-refractivity contribution >= 4 is 22.9 Å². The van der Waals surface area contributed by atoms with Gasteiger partial charge in [-0.1, -0.05) is 136 Å². The number of hydrogen-bond acceptors (Lipinski definition) is 1. The summed E-state index contributed by atoms with van der Waals surface area (Å²) in [6.45, 7) is 7.27. The Balaban J connectivity index is 0.920. The van der Waals surface area contributed by atoms with Crippen LogP contribution in [0.4, 0.5) is 0 Å². The van der Waals surface area contributed by atoms with E-state index < -0.39 is 0 Å². The molecule has 0 bridgehead atoms. The first-order valence-corrected chi connectivity index (χ1v) is 18.6. The van der Waals surface area contributed by atoms with Crippen LogP contribution in [-0.2, 0) is 10.2 Å². The van der Waals surface area contributed by atoms with Crippen molar-refractivity contribution < 1.29 is 4.74 Å². The lowest BCUT2D eigenvalue weighted by Gasteiger charge is -2.32. The fourth-order valence-corrected chi connectivity index (χ4v) is 10.1. The van der Waals surface area contributed by atoms with Crippen LogP contribution in [-0.4, -0.2) is 6.10 Å². The highest BCUT2D eigenvalue weighted by Gasteiger charge is 2.46. The number of benzene rings is 4. The standard InChI is InChI=1S/C47H48O/c1-4-30-26-33(34-17-21-39-36(28-34)15-14-35-27-32(16-20-38(35)39)31-10-6-5-7-11-31)18-22-40(30)46-25-24-45(48-46)37-19-23-42-41-12-8-9-13-43(41)47(2,3)44(42)29-37/h5-7,9-11,13-16,18-23,26-30,34,40-41,43,45-46H,4,8,12,17,24-25H2,1-3H3. The first kappa shape index (κ1) is 30.1. The quantitative estimate of drug-likeness (QED) is 0.200. The van der Waals surface area contributed by atoms with E-state index in [9.17, 15) is 0 Å². The Morgan fingerprint density at radius 3 is 2.60 bits per heavy atom. The molecule has 0 amide bonds. The van der Waals surface area contributed by atoms with Crippen molar-refractivity contribution in [1.29, 1.82) is 0 Å². The molecular weight excluding hydrogens is 581 g/mol. The summed E-state index contributed by atoms with van der Waals surface area (Å²) in [5.41, 5.74) is 8.78. The maximum absolute atomic E-state index is 6.96. The van der Waals surface area contributed by atoms with Crippen LogP contribution in [0.5, 0.6) is 0 Å². The Kier molecular flexibility index (Phi) is 7.46. The molecule has 7 unspecified atom stereocenters. The van der Waals surface area contributed by atoms with Crippen LogP contribution in [0, 0.1) is 23.7 Å². The van der Waals surface area contributed by atoms with E-state index in [1.165, 1.54) is 56.3 Å². The minimum absolute atomic E-state index is 0.193. The normalized spacial score (nSPS) is 29.8. The van der Waals surface area contributed by atoms with Crippen LogP contribution in [0.25, 0.3) is 34.1 Å². The average Bonchev–Trinajstić information content (AvgIpc) is 3.72. The van der Waals surface area contributed by atoms with Crippen molar-refractivity contribution in [2.75, 3.05) is 0 Å². The summed E-state index contributed by atoms with van der Waals surface area (Å²) in [7, 11) is 0. The lowest BCUT2D eigenvalue weighted by molar-refractivity contribution is 0.0108. The lowest BCUT2D eigenvalue weighted by Crippen LogP contribution is -2.31. The Hall–Kier alpha value is -3.94. The monoisotopic (exact) mass is 628 g/mol. The predicted molar refractivity (Wildman–Crippen MR) is 201 cm³/mol. The number of fused-ring (bicyclic) bond motifs is 6. The second-order valence-electron chi connectivity index (χ2n) is 15.7. The van der Waals surface area contributed by atoms with Gasteiger partial charge in [0, 0.05) is 11.8 Å². The van der Waals surface area contributed by atoms with E-state index in [0.29, 0.717) is 29.6 Å². The molecule has 1 aliphatic heterocycles. The first-order valence-electron chi connectivity index (χ1n) is 18.6. The van der Waals surface area contributed by atoms with Gasteiger partial charge in [0.1, 0.15) is 0 Å². The third-order valence-electron chi connectivity index (χ3n) is 12.7. The van der Waals surface area contributed by atoms with E-state index in [1.807, 2.05) is 0 Å². The van der Waals surface area contributed by atoms with E-state index in [4.69, 9.17) is 4.74 Å². The van der Waals surface area contributed by atoms with Crippen molar-refractivity contribution in [1.82, 2.24) is 0 Å². The zero-order valence-corrected chi connectivity index (χ0v) is 28.7. The van der Waals surface area contributed by atoms with Crippen LogP contribution >= 0.6 is 0 Å². The van der Waals surface area contributed by atoms with Crippen LogP contribution in [0.3, 0.4) is 0 Å². The molecular formula is C47H48O. The van der Waals surface area contributed by atoms with Gasteiger partial charge in [-0.2, -0.15) is 0 Å². The van der Waals surface area contributed by atoms with E-state index in [0.717, 1.165) is 25.7 Å². The molecule has 1 heterocycles. The number of rotatable bonds is 5. The van der Waals surface area contributed by atoms with Gasteiger partial charge in [-0.05, 0) is 122 Å². The highest BCUT2D eigenvalue weighted by Crippen LogP contribution is 2.55. The lowest BCUT2D eigenvalue weighted by atomic mass is 9.73. The molecule has 0 saturated carbocycles. The second kappa shape index (κ2) is 11.9. The minimum Gasteiger partial charge on any atom is -0.370 e. The summed E-state index contributed by atoms with van der Waals surface area (Å²) in [6, 6.07) is 29.7. The average molecular weight is 629 g/mol. The maximum Gasteiger partial charge on any atom is 0.0830 e. The molecule has 1 fully saturated rings. The van der Waals surface area contributed by atoms with Crippen molar-refractivity contribution in [3.05, 3.63) is 142 Å². The molecule has 4 aromatic rings. The summed E-state index contributed by atoms with van der Waals surface area (Å²) in [6.07, 6.45) is 24.9. The van der Waals surface area contributed by atoms with E-state index in [1.54, 1.807) is 11.1 Å². The fourth-order valence-electron chi connectivity index (χ4n) is 10.1. The molecule has 9 rings (SSSR count). The Morgan fingerprint density at radius 2 is 1.73 bits per heavy atom. The van der Waals surface area contributed by atoms with Gasteiger partial charge in [0.2, 0.25) is 0 Å². The zero-order chi connectivity index (χ0) is 32.4. The summed E-state index contributed by atoms with van der Waals surface area (Å²) in [5.74, 6) is 2.71. The molecule has 48 heavy (non-hydrogen) atoms. The van der Waals surface area contributed by atoms with Crippen molar-refractivity contribution in [3.8, 4) is 11.1 Å². The molecule has 1 nitrogen and oxygen atoms in total. The highest BCUT2D eigenvalue weighted by atomic mass is 16.5. The van der Waals surface area contributed by atoms with Crippen molar-refractivity contribution in [2.24, 2.45) is 23.7 Å². The highest BCUT2D eigenvalue weighted by molar-refractivity contribution is 5.88. The Bertz CT molecular complexity index is 2090. The van der Waals surface area contributed by atoms with Gasteiger partial charge in [-0.25, -0.2) is 0 Å². The summed E-state index contributed by atoms with van der Waals surface area (Å²) in [5, 5.41) is 5.43. The molecule has 0 N–H and O–H groups in total. The van der Waals surface area contributed by atoms with Crippen LogP contribution < -0.4 is 10.4 Å². The van der Waals surface area contributed by atoms with Gasteiger partial charge >= 0.3 is 0 Å². The topological polar surface area (TPSA) is 9.23 Å². The van der Waals surface area contributed by atoms with Crippen molar-refractivity contribution in [3.63, 3.8) is 0 Å². The van der Waals surface area contributed by atoms with Crippen LogP contribution in [0.2, 0.25) is 0 Å². The largest absolute Gasteiger partial charge is 0.370 e. The molecule has 0 aromatic heterocycles. The van der Waals surface area contributed by atoms with Gasteiger partial charge in [0.15, 0.2) is 0 Å². The maximum atomic E-state index is 6.96. The first-order chi connectivity index (χ1) is 23.5. The van der Waals surface area contributed by atoms with Gasteiger partial charge in [-0.3, -0.25) is 0 Å². The summed E-state index contributed by atoms with van der Waals surface area (Å²) < 4.78 is 6.96. The van der Waals surface area contributed by atoms with Gasteiger partial charge in [-0.15, -0.1) is 0 Å². The van der Waals surface area contributed by atoms with E-state index >= 15 is 0 Å². The third kappa shape index (κ3) is 5.00. The fraction of sp³-hybridized carbons (Fsp3) is 0.362. The van der Waals surface area contributed by atoms with Gasteiger partial charge in [0.25, 0.3) is 0 Å². The predicted octanol–water partition coefficient (Wildman–Crippen LogP) is 10.5. The van der Waals surface area contributed by atoms with Crippen LogP contribution in [0.15, 0.2) is 115 Å². The Labute approximate surface area is 286 Å². The molecule has 7 atom stereocenters. The zero-order valence-electron chi connectivity index (χ0n) is 28.7. The summed E-state index contributed by atoms with van der Waals surface area (Å²) >= 11 is 0. The molecule has 4 aromatic carbocycles. The third-order valence-corrected chi connectivity index (χ3v) is 12.7. The molecule has 0 spiro atoms. The minimum atomic E-state index is 0.193. The SMILES string of the molecule is CCC1C=C(C2C=c3ccc4cc(-c5ccccc5)ccc4c3=CC2)C=CC1C1CCC(c2ccc3c(c2)C(C)(C)C2C=CCCC32)O1. The molecule has 1 heteroatoms. The van der Waals surface area contributed by atoms with Crippen molar-refractivity contribution in [2.45, 2.75) is 82.8 Å². The molecule has 242 valence electrons.